The van der Waals surface area contributed by atoms with Gasteiger partial charge >= 0.3 is 5.97 Å². The Labute approximate surface area is 218 Å². The van der Waals surface area contributed by atoms with Gasteiger partial charge in [-0.15, -0.1) is 0 Å². The van der Waals surface area contributed by atoms with Crippen LogP contribution in [0.25, 0.3) is 22.3 Å². The van der Waals surface area contributed by atoms with E-state index in [2.05, 4.69) is 25.6 Å². The van der Waals surface area contributed by atoms with E-state index in [9.17, 15) is 4.79 Å². The maximum absolute atomic E-state index is 15.6. The van der Waals surface area contributed by atoms with Crippen molar-refractivity contribution < 1.29 is 18.3 Å². The number of halogens is 2. The molecule has 0 aliphatic heterocycles. The number of ether oxygens (including phenoxy) is 1. The van der Waals surface area contributed by atoms with Crippen LogP contribution in [-0.2, 0) is 21.9 Å². The second-order valence-electron chi connectivity index (χ2n) is 10.4. The molecule has 0 N–H and O–H groups in total. The van der Waals surface area contributed by atoms with E-state index in [4.69, 9.17) is 4.74 Å². The fraction of sp³-hybridized carbons (Fsp3) is 0.364. The quantitative estimate of drug-likeness (QED) is 0.175. The monoisotopic (exact) mass is 500 g/mol. The lowest BCUT2D eigenvalue weighted by atomic mass is 9.82. The first-order valence-corrected chi connectivity index (χ1v) is 13.5. The number of hydrogen-bond acceptors (Lipinski definition) is 2. The second kappa shape index (κ2) is 10.6. The van der Waals surface area contributed by atoms with Crippen LogP contribution in [0.5, 0.6) is 0 Å². The predicted molar refractivity (Wildman–Crippen MR) is 145 cm³/mol. The summed E-state index contributed by atoms with van der Waals surface area (Å²) in [5.74, 6) is -2.93. The summed E-state index contributed by atoms with van der Waals surface area (Å²) in [6.07, 6.45) is 8.86. The van der Waals surface area contributed by atoms with E-state index >= 15 is 8.78 Å². The largest absolute Gasteiger partial charge is 0.459 e. The number of carbonyl (C=O) groups excluding carboxylic acids is 1. The minimum absolute atomic E-state index is 0.0364. The van der Waals surface area contributed by atoms with Crippen molar-refractivity contribution in [2.45, 2.75) is 76.2 Å². The van der Waals surface area contributed by atoms with Crippen LogP contribution in [0.3, 0.4) is 0 Å². The van der Waals surface area contributed by atoms with Gasteiger partial charge in [0, 0.05) is 17.2 Å². The molecule has 0 spiro atoms. The maximum atomic E-state index is 15.6. The van der Waals surface area contributed by atoms with Crippen molar-refractivity contribution in [1.82, 2.24) is 0 Å². The minimum Gasteiger partial charge on any atom is -0.459 e. The summed E-state index contributed by atoms with van der Waals surface area (Å²) in [6.45, 7) is 5.61. The van der Waals surface area contributed by atoms with Crippen molar-refractivity contribution in [3.8, 4) is 22.3 Å². The van der Waals surface area contributed by atoms with Crippen molar-refractivity contribution in [3.05, 3.63) is 95.6 Å². The average molecular weight is 501 g/mol. The molecule has 37 heavy (non-hydrogen) atoms. The van der Waals surface area contributed by atoms with Gasteiger partial charge < -0.3 is 4.74 Å². The highest BCUT2D eigenvalue weighted by atomic mass is 19.3. The summed E-state index contributed by atoms with van der Waals surface area (Å²) in [5, 5.41) is 0. The zero-order valence-corrected chi connectivity index (χ0v) is 21.4. The molecule has 2 nitrogen and oxygen atoms in total. The second-order valence-corrected chi connectivity index (χ2v) is 10.4. The van der Waals surface area contributed by atoms with E-state index in [1.165, 1.54) is 11.6 Å². The summed E-state index contributed by atoms with van der Waals surface area (Å²) in [5.41, 5.74) is 5.49. The smallest absolute Gasteiger partial charge is 0.330 e. The third-order valence-corrected chi connectivity index (χ3v) is 7.98. The third kappa shape index (κ3) is 5.12. The Morgan fingerprint density at radius 1 is 0.919 bits per heavy atom. The molecular weight excluding hydrogens is 466 g/mol. The molecule has 1 saturated carbocycles. The van der Waals surface area contributed by atoms with E-state index < -0.39 is 5.92 Å². The van der Waals surface area contributed by atoms with Crippen molar-refractivity contribution in [1.29, 1.82) is 0 Å². The van der Waals surface area contributed by atoms with Crippen LogP contribution in [0.15, 0.2) is 73.3 Å². The van der Waals surface area contributed by atoms with Crippen molar-refractivity contribution in [2.24, 2.45) is 0 Å². The first kappa shape index (κ1) is 25.4. The summed E-state index contributed by atoms with van der Waals surface area (Å²) in [6, 6.07) is 19.3. The molecule has 0 bridgehead atoms. The van der Waals surface area contributed by atoms with Crippen LogP contribution in [0.4, 0.5) is 8.78 Å². The van der Waals surface area contributed by atoms with Crippen LogP contribution >= 0.6 is 0 Å². The van der Waals surface area contributed by atoms with Gasteiger partial charge in [0.1, 0.15) is 6.10 Å². The number of rotatable bonds is 8. The van der Waals surface area contributed by atoms with E-state index in [1.807, 2.05) is 36.4 Å². The summed E-state index contributed by atoms with van der Waals surface area (Å²) in [4.78, 5) is 11.5. The molecule has 0 atom stereocenters. The highest BCUT2D eigenvalue weighted by Crippen LogP contribution is 2.52. The van der Waals surface area contributed by atoms with Crippen LogP contribution in [-0.4, -0.2) is 12.1 Å². The van der Waals surface area contributed by atoms with Gasteiger partial charge in [-0.3, -0.25) is 0 Å². The van der Waals surface area contributed by atoms with E-state index in [-0.39, 0.29) is 23.2 Å². The standard InChI is InChI=1S/C33H34F2O2/c1-3-5-6-7-22-8-18-28-29-19-15-26(21-31(29)33(34,35)30(28)20-22)25-11-9-23(10-12-25)24-13-16-27(17-14-24)37-32(36)4-2/h4,8-12,15,18-21,24,27H,2-3,5-7,13-14,16-17H2,1H3. The molecule has 3 aromatic carbocycles. The third-order valence-electron chi connectivity index (χ3n) is 7.98. The van der Waals surface area contributed by atoms with Gasteiger partial charge in [0.05, 0.1) is 0 Å². The molecule has 0 radical (unpaired) electrons. The van der Waals surface area contributed by atoms with Crippen LogP contribution < -0.4 is 0 Å². The van der Waals surface area contributed by atoms with Gasteiger partial charge in [-0.25, -0.2) is 4.79 Å². The highest BCUT2D eigenvalue weighted by molar-refractivity contribution is 5.83. The number of hydrogen-bond donors (Lipinski definition) is 0. The number of unbranched alkanes of at least 4 members (excludes halogenated alkanes) is 2. The molecule has 0 amide bonds. The molecular formula is C33H34F2O2. The molecule has 0 saturated heterocycles. The van der Waals surface area contributed by atoms with Gasteiger partial charge in [-0.1, -0.05) is 74.9 Å². The first-order chi connectivity index (χ1) is 17.9. The molecule has 0 aromatic heterocycles. The van der Waals surface area contributed by atoms with E-state index in [0.717, 1.165) is 68.1 Å². The number of esters is 1. The van der Waals surface area contributed by atoms with Crippen LogP contribution in [0, 0.1) is 0 Å². The topological polar surface area (TPSA) is 26.3 Å². The van der Waals surface area contributed by atoms with Crippen LogP contribution in [0.2, 0.25) is 0 Å². The number of benzene rings is 3. The van der Waals surface area contributed by atoms with Crippen molar-refractivity contribution in [2.75, 3.05) is 0 Å². The Balaban J connectivity index is 1.31. The Bertz CT molecular complexity index is 1280. The van der Waals surface area contributed by atoms with Gasteiger partial charge in [0.15, 0.2) is 0 Å². The molecule has 2 aliphatic carbocycles. The molecule has 192 valence electrons. The zero-order valence-electron chi connectivity index (χ0n) is 21.4. The number of fused-ring (bicyclic) bond motifs is 3. The average Bonchev–Trinajstić information content (AvgIpc) is 3.15. The van der Waals surface area contributed by atoms with Crippen molar-refractivity contribution in [3.63, 3.8) is 0 Å². The Hall–Kier alpha value is -3.27. The van der Waals surface area contributed by atoms with E-state index in [1.54, 1.807) is 12.1 Å². The first-order valence-electron chi connectivity index (χ1n) is 13.5. The lowest BCUT2D eigenvalue weighted by Gasteiger charge is -2.28. The van der Waals surface area contributed by atoms with Crippen molar-refractivity contribution >= 4 is 5.97 Å². The molecule has 4 heteroatoms. The van der Waals surface area contributed by atoms with Gasteiger partial charge in [0.2, 0.25) is 0 Å². The summed E-state index contributed by atoms with van der Waals surface area (Å²) >= 11 is 0. The fourth-order valence-electron chi connectivity index (χ4n) is 5.86. The SMILES string of the molecule is C=CC(=O)OC1CCC(c2ccc(-c3ccc4c(c3)C(F)(F)c3cc(CCCCC)ccc3-4)cc2)CC1. The number of carbonyl (C=O) groups is 1. The molecule has 0 unspecified atom stereocenters. The Morgan fingerprint density at radius 2 is 1.57 bits per heavy atom. The minimum atomic E-state index is -2.99. The predicted octanol–water partition coefficient (Wildman–Crippen LogP) is 8.96. The van der Waals surface area contributed by atoms with Gasteiger partial charge in [-0.2, -0.15) is 8.78 Å². The normalized spacial score (nSPS) is 19.6. The molecule has 1 fully saturated rings. The van der Waals surface area contributed by atoms with E-state index in [0.29, 0.717) is 17.0 Å². The lowest BCUT2D eigenvalue weighted by molar-refractivity contribution is -0.144. The summed E-state index contributed by atoms with van der Waals surface area (Å²) < 4.78 is 36.6. The molecule has 3 aromatic rings. The molecule has 2 aliphatic rings. The Kier molecular flexibility index (Phi) is 7.28. The molecule has 5 rings (SSSR count). The number of alkyl halides is 2. The molecule has 0 heterocycles. The fourth-order valence-corrected chi connectivity index (χ4v) is 5.86. The zero-order chi connectivity index (χ0) is 26.0. The highest BCUT2D eigenvalue weighted by Gasteiger charge is 2.44. The number of aryl methyl sites for hydroxylation is 1. The summed E-state index contributed by atoms with van der Waals surface area (Å²) in [7, 11) is 0. The Morgan fingerprint density at radius 3 is 2.24 bits per heavy atom. The maximum Gasteiger partial charge on any atom is 0.330 e. The van der Waals surface area contributed by atoms with Crippen LogP contribution in [0.1, 0.15) is 80.0 Å². The van der Waals surface area contributed by atoms with Gasteiger partial charge in [0.25, 0.3) is 5.92 Å². The van der Waals surface area contributed by atoms with Gasteiger partial charge in [-0.05, 0) is 90.0 Å². The lowest BCUT2D eigenvalue weighted by Crippen LogP contribution is -2.23.